The average Bonchev–Trinajstić information content (AvgIpc) is 2.74. The maximum Gasteiger partial charge on any atom is 0.435 e. The molecular weight excluding hydrogens is 360 g/mol. The molecule has 108 valence electrons. The molecule has 3 rings (SSSR count). The molecule has 0 radical (unpaired) electrons. The number of hydrogen-bond acceptors (Lipinski definition) is 5. The molecule has 0 fully saturated rings. The van der Waals surface area contributed by atoms with Crippen LogP contribution in [0.4, 0.5) is 0 Å². The van der Waals surface area contributed by atoms with Gasteiger partial charge in [0.2, 0.25) is 0 Å². The van der Waals surface area contributed by atoms with Crippen molar-refractivity contribution in [3.8, 4) is 0 Å². The molecule has 0 saturated carbocycles. The first kappa shape index (κ1) is 14.0. The van der Waals surface area contributed by atoms with E-state index in [4.69, 9.17) is 4.42 Å². The van der Waals surface area contributed by atoms with Crippen LogP contribution in [-0.4, -0.2) is 17.4 Å². The van der Waals surface area contributed by atoms with E-state index in [9.17, 15) is 13.2 Å². The number of oxazole rings is 1. The first-order valence-corrected chi connectivity index (χ1v) is 8.12. The monoisotopic (exact) mass is 368 g/mol. The molecule has 2 heterocycles. The smallest absolute Gasteiger partial charge is 0.405 e. The Kier molecular flexibility index (Phi) is 3.22. The number of fused-ring (bicyclic) bond motifs is 1. The van der Waals surface area contributed by atoms with Crippen LogP contribution in [0.2, 0.25) is 0 Å². The molecule has 3 aromatic rings. The predicted molar refractivity (Wildman–Crippen MR) is 79.7 cm³/mol. The van der Waals surface area contributed by atoms with Crippen LogP contribution in [0.5, 0.6) is 0 Å². The molecule has 1 aromatic carbocycles. The van der Waals surface area contributed by atoms with E-state index in [1.54, 1.807) is 12.1 Å². The summed E-state index contributed by atoms with van der Waals surface area (Å²) in [5.41, 5.74) is 0.981. The number of hydrogen-bond donors (Lipinski definition) is 0. The topological polar surface area (TPSA) is 82.2 Å². The fraction of sp³-hybridized carbons (Fsp3) is 0.0769. The summed E-state index contributed by atoms with van der Waals surface area (Å²) >= 11 is 3.19. The molecular formula is C13H9BrN2O4S. The minimum Gasteiger partial charge on any atom is -0.405 e. The highest BCUT2D eigenvalue weighted by molar-refractivity contribution is 9.10. The summed E-state index contributed by atoms with van der Waals surface area (Å²) in [6, 6.07) is 7.68. The van der Waals surface area contributed by atoms with Gasteiger partial charge in [0.1, 0.15) is 0 Å². The van der Waals surface area contributed by atoms with Crippen LogP contribution in [0, 0.1) is 6.92 Å². The number of nitrogens with zero attached hydrogens (tertiary/aromatic N) is 2. The van der Waals surface area contributed by atoms with E-state index in [2.05, 4.69) is 20.9 Å². The molecule has 0 spiro atoms. The SMILES string of the molecule is Cc1ccc(S(=O)(=O)n2c(=O)oc3cc(Br)cnc32)cc1. The Bertz CT molecular complexity index is 987. The lowest BCUT2D eigenvalue weighted by Gasteiger charge is -2.04. The number of rotatable bonds is 2. The van der Waals surface area contributed by atoms with Crippen LogP contribution in [0.1, 0.15) is 5.56 Å². The zero-order chi connectivity index (χ0) is 15.2. The highest BCUT2D eigenvalue weighted by atomic mass is 79.9. The maximum absolute atomic E-state index is 12.6. The number of aromatic nitrogens is 2. The Morgan fingerprint density at radius 2 is 1.90 bits per heavy atom. The fourth-order valence-electron chi connectivity index (χ4n) is 1.89. The molecule has 0 N–H and O–H groups in total. The fourth-order valence-corrected chi connectivity index (χ4v) is 3.49. The van der Waals surface area contributed by atoms with Gasteiger partial charge in [-0.05, 0) is 35.0 Å². The lowest BCUT2D eigenvalue weighted by molar-refractivity contribution is 0.534. The Balaban J connectivity index is 2.31. The number of benzene rings is 1. The van der Waals surface area contributed by atoms with E-state index < -0.39 is 15.8 Å². The van der Waals surface area contributed by atoms with Crippen LogP contribution in [0.25, 0.3) is 11.2 Å². The minimum atomic E-state index is -4.05. The molecule has 0 unspecified atom stereocenters. The van der Waals surface area contributed by atoms with Crippen LogP contribution >= 0.6 is 15.9 Å². The first-order chi connectivity index (χ1) is 9.89. The molecule has 0 saturated heterocycles. The Labute approximate surface area is 128 Å². The van der Waals surface area contributed by atoms with Crippen LogP contribution in [0.3, 0.4) is 0 Å². The Morgan fingerprint density at radius 3 is 2.57 bits per heavy atom. The molecule has 0 amide bonds. The average molecular weight is 369 g/mol. The van der Waals surface area contributed by atoms with Crippen LogP contribution in [-0.2, 0) is 10.0 Å². The highest BCUT2D eigenvalue weighted by Gasteiger charge is 2.25. The van der Waals surface area contributed by atoms with Crippen molar-refractivity contribution < 1.29 is 12.8 Å². The Hall–Kier alpha value is -1.93. The standard InChI is InChI=1S/C13H9BrN2O4S/c1-8-2-4-10(5-3-8)21(18,19)16-12-11(20-13(16)17)6-9(14)7-15-12/h2-7H,1H3. The third-order valence-corrected chi connectivity index (χ3v) is 5.02. The Morgan fingerprint density at radius 1 is 1.24 bits per heavy atom. The number of aryl methyl sites for hydroxylation is 1. The number of halogens is 1. The van der Waals surface area contributed by atoms with Gasteiger partial charge in [-0.1, -0.05) is 17.7 Å². The molecule has 0 aliphatic carbocycles. The zero-order valence-electron chi connectivity index (χ0n) is 10.8. The highest BCUT2D eigenvalue weighted by Crippen LogP contribution is 2.20. The van der Waals surface area contributed by atoms with Gasteiger partial charge in [-0.3, -0.25) is 0 Å². The zero-order valence-corrected chi connectivity index (χ0v) is 13.2. The minimum absolute atomic E-state index is 0.00242. The van der Waals surface area contributed by atoms with Gasteiger partial charge >= 0.3 is 5.76 Å². The largest absolute Gasteiger partial charge is 0.435 e. The lowest BCUT2D eigenvalue weighted by atomic mass is 10.2. The summed E-state index contributed by atoms with van der Waals surface area (Å²) in [4.78, 5) is 15.9. The molecule has 21 heavy (non-hydrogen) atoms. The summed E-state index contributed by atoms with van der Waals surface area (Å²) < 4.78 is 31.3. The van der Waals surface area contributed by atoms with Crippen molar-refractivity contribution in [2.24, 2.45) is 0 Å². The molecule has 0 aliphatic rings. The van der Waals surface area contributed by atoms with Crippen LogP contribution in [0.15, 0.2) is 55.1 Å². The van der Waals surface area contributed by atoms with Gasteiger partial charge in [0, 0.05) is 16.7 Å². The van der Waals surface area contributed by atoms with E-state index in [0.717, 1.165) is 5.56 Å². The summed E-state index contributed by atoms with van der Waals surface area (Å²) in [7, 11) is -4.05. The van der Waals surface area contributed by atoms with Gasteiger partial charge in [-0.15, -0.1) is 3.97 Å². The summed E-state index contributed by atoms with van der Waals surface area (Å²) in [5, 5.41) is 0. The summed E-state index contributed by atoms with van der Waals surface area (Å²) in [6.45, 7) is 1.84. The van der Waals surface area contributed by atoms with Crippen molar-refractivity contribution in [2.75, 3.05) is 0 Å². The van der Waals surface area contributed by atoms with Crippen molar-refractivity contribution >= 4 is 37.2 Å². The lowest BCUT2D eigenvalue weighted by Crippen LogP contribution is -2.24. The number of pyridine rings is 1. The molecule has 0 bridgehead atoms. The van der Waals surface area contributed by atoms with Gasteiger partial charge in [0.15, 0.2) is 11.2 Å². The van der Waals surface area contributed by atoms with E-state index in [1.807, 2.05) is 6.92 Å². The summed E-state index contributed by atoms with van der Waals surface area (Å²) in [6.07, 6.45) is 1.40. The third-order valence-electron chi connectivity index (χ3n) is 2.91. The van der Waals surface area contributed by atoms with Crippen molar-refractivity contribution in [3.63, 3.8) is 0 Å². The van der Waals surface area contributed by atoms with Crippen molar-refractivity contribution in [1.29, 1.82) is 0 Å². The maximum atomic E-state index is 12.6. The second kappa shape index (κ2) is 4.81. The van der Waals surface area contributed by atoms with Gasteiger partial charge in [0.25, 0.3) is 10.0 Å². The van der Waals surface area contributed by atoms with Crippen molar-refractivity contribution in [3.05, 3.63) is 57.1 Å². The van der Waals surface area contributed by atoms with Gasteiger partial charge in [0.05, 0.1) is 4.90 Å². The first-order valence-electron chi connectivity index (χ1n) is 5.89. The predicted octanol–water partition coefficient (Wildman–Crippen LogP) is 2.30. The molecule has 0 atom stereocenters. The molecule has 6 nitrogen and oxygen atoms in total. The third kappa shape index (κ3) is 2.30. The van der Waals surface area contributed by atoms with Crippen molar-refractivity contribution in [1.82, 2.24) is 8.96 Å². The second-order valence-electron chi connectivity index (χ2n) is 4.43. The molecule has 0 aliphatic heterocycles. The van der Waals surface area contributed by atoms with E-state index >= 15 is 0 Å². The van der Waals surface area contributed by atoms with E-state index in [0.29, 0.717) is 8.45 Å². The van der Waals surface area contributed by atoms with Gasteiger partial charge in [-0.25, -0.2) is 18.2 Å². The van der Waals surface area contributed by atoms with Crippen molar-refractivity contribution in [2.45, 2.75) is 11.8 Å². The normalized spacial score (nSPS) is 11.9. The van der Waals surface area contributed by atoms with E-state index in [1.165, 1.54) is 24.4 Å². The van der Waals surface area contributed by atoms with Crippen LogP contribution < -0.4 is 5.76 Å². The quantitative estimate of drug-likeness (QED) is 0.692. The van der Waals surface area contributed by atoms with Gasteiger partial charge < -0.3 is 4.42 Å². The molecule has 2 aromatic heterocycles. The molecule has 8 heteroatoms. The second-order valence-corrected chi connectivity index (χ2v) is 7.13. The van der Waals surface area contributed by atoms with Gasteiger partial charge in [-0.2, -0.15) is 0 Å². The van der Waals surface area contributed by atoms with E-state index in [-0.39, 0.29) is 16.1 Å². The summed E-state index contributed by atoms with van der Waals surface area (Å²) in [5.74, 6) is -0.990.